The van der Waals surface area contributed by atoms with Crippen molar-refractivity contribution in [3.05, 3.63) is 58.7 Å². The van der Waals surface area contributed by atoms with Crippen LogP contribution in [0.4, 0.5) is 5.82 Å². The third kappa shape index (κ3) is 3.37. The zero-order chi connectivity index (χ0) is 13.0. The molecule has 0 radical (unpaired) electrons. The van der Waals surface area contributed by atoms with Gasteiger partial charge in [-0.3, -0.25) is 0 Å². The van der Waals surface area contributed by atoms with Gasteiger partial charge in [0.2, 0.25) is 0 Å². The number of anilines is 1. The SMILES string of the molecule is CN(Cc1ccc(Cl)cc1)c1cc(CCl)ccn1. The molecule has 0 aliphatic rings. The van der Waals surface area contributed by atoms with E-state index in [1.54, 1.807) is 6.20 Å². The number of rotatable bonds is 4. The molecule has 0 aliphatic heterocycles. The molecule has 0 fully saturated rings. The quantitative estimate of drug-likeness (QED) is 0.784. The highest BCUT2D eigenvalue weighted by Crippen LogP contribution is 2.16. The van der Waals surface area contributed by atoms with Crippen LogP contribution >= 0.6 is 23.2 Å². The van der Waals surface area contributed by atoms with Crippen LogP contribution in [0, 0.1) is 0 Å². The van der Waals surface area contributed by atoms with Crippen LogP contribution in [0.1, 0.15) is 11.1 Å². The molecule has 0 spiro atoms. The van der Waals surface area contributed by atoms with Gasteiger partial charge in [0.1, 0.15) is 5.82 Å². The van der Waals surface area contributed by atoms with E-state index in [4.69, 9.17) is 23.2 Å². The van der Waals surface area contributed by atoms with Crippen molar-refractivity contribution >= 4 is 29.0 Å². The van der Waals surface area contributed by atoms with E-state index >= 15 is 0 Å². The topological polar surface area (TPSA) is 16.1 Å². The maximum absolute atomic E-state index is 5.86. The van der Waals surface area contributed by atoms with Crippen molar-refractivity contribution < 1.29 is 0 Å². The summed E-state index contributed by atoms with van der Waals surface area (Å²) in [5.74, 6) is 1.42. The first kappa shape index (κ1) is 13.2. The lowest BCUT2D eigenvalue weighted by atomic mass is 10.2. The fourth-order valence-electron chi connectivity index (χ4n) is 1.70. The van der Waals surface area contributed by atoms with Gasteiger partial charge in [-0.15, -0.1) is 11.6 Å². The number of benzene rings is 1. The Morgan fingerprint density at radius 2 is 1.83 bits per heavy atom. The molecule has 4 heteroatoms. The summed E-state index contributed by atoms with van der Waals surface area (Å²) in [6.07, 6.45) is 1.78. The Morgan fingerprint density at radius 3 is 2.50 bits per heavy atom. The number of nitrogens with zero attached hydrogens (tertiary/aromatic N) is 2. The second-order valence-corrected chi connectivity index (χ2v) is 4.84. The molecular weight excluding hydrogens is 267 g/mol. The van der Waals surface area contributed by atoms with Crippen molar-refractivity contribution in [2.24, 2.45) is 0 Å². The summed E-state index contributed by atoms with van der Waals surface area (Å²) in [5, 5.41) is 0.753. The number of hydrogen-bond acceptors (Lipinski definition) is 2. The van der Waals surface area contributed by atoms with E-state index in [0.29, 0.717) is 5.88 Å². The normalized spacial score (nSPS) is 10.4. The van der Waals surface area contributed by atoms with Crippen molar-refractivity contribution in [3.63, 3.8) is 0 Å². The molecule has 0 bridgehead atoms. The van der Waals surface area contributed by atoms with Crippen LogP contribution in [0.3, 0.4) is 0 Å². The van der Waals surface area contributed by atoms with Crippen LogP contribution in [-0.2, 0) is 12.4 Å². The second-order valence-electron chi connectivity index (χ2n) is 4.14. The zero-order valence-electron chi connectivity index (χ0n) is 10.1. The summed E-state index contributed by atoms with van der Waals surface area (Å²) < 4.78 is 0. The Morgan fingerprint density at radius 1 is 1.11 bits per heavy atom. The standard InChI is InChI=1S/C14H14Cl2N2/c1-18(10-11-2-4-13(16)5-3-11)14-8-12(9-15)6-7-17-14/h2-8H,9-10H2,1H3. The van der Waals surface area contributed by atoms with Gasteiger partial charge in [-0.1, -0.05) is 23.7 Å². The summed E-state index contributed by atoms with van der Waals surface area (Å²) in [7, 11) is 2.01. The minimum absolute atomic E-state index is 0.504. The molecule has 0 saturated carbocycles. The minimum Gasteiger partial charge on any atom is -0.355 e. The van der Waals surface area contributed by atoms with Gasteiger partial charge in [-0.2, -0.15) is 0 Å². The molecule has 0 unspecified atom stereocenters. The van der Waals surface area contributed by atoms with Crippen LogP contribution in [0.15, 0.2) is 42.6 Å². The molecule has 0 aliphatic carbocycles. The van der Waals surface area contributed by atoms with Crippen molar-refractivity contribution in [2.75, 3.05) is 11.9 Å². The molecule has 2 nitrogen and oxygen atoms in total. The predicted octanol–water partition coefficient (Wildman–Crippen LogP) is 4.11. The van der Waals surface area contributed by atoms with E-state index in [1.807, 2.05) is 43.4 Å². The van der Waals surface area contributed by atoms with Gasteiger partial charge in [0.15, 0.2) is 0 Å². The van der Waals surface area contributed by atoms with Gasteiger partial charge in [0, 0.05) is 30.7 Å². The molecule has 0 N–H and O–H groups in total. The molecule has 18 heavy (non-hydrogen) atoms. The average Bonchev–Trinajstić information content (AvgIpc) is 2.41. The summed E-state index contributed by atoms with van der Waals surface area (Å²) >= 11 is 11.7. The Bertz CT molecular complexity index is 511. The lowest BCUT2D eigenvalue weighted by Crippen LogP contribution is -2.17. The van der Waals surface area contributed by atoms with E-state index in [2.05, 4.69) is 9.88 Å². The fourth-order valence-corrected chi connectivity index (χ4v) is 1.99. The number of hydrogen-bond donors (Lipinski definition) is 0. The first-order valence-corrected chi connectivity index (χ1v) is 6.57. The molecule has 2 rings (SSSR count). The van der Waals surface area contributed by atoms with Crippen LogP contribution in [-0.4, -0.2) is 12.0 Å². The summed E-state index contributed by atoms with van der Waals surface area (Å²) in [5.41, 5.74) is 2.27. The highest BCUT2D eigenvalue weighted by Gasteiger charge is 2.04. The lowest BCUT2D eigenvalue weighted by Gasteiger charge is -2.18. The highest BCUT2D eigenvalue weighted by molar-refractivity contribution is 6.30. The summed E-state index contributed by atoms with van der Waals surface area (Å²) in [6, 6.07) is 11.8. The van der Waals surface area contributed by atoms with E-state index in [9.17, 15) is 0 Å². The van der Waals surface area contributed by atoms with Crippen LogP contribution in [0.5, 0.6) is 0 Å². The Hall–Kier alpha value is -1.25. The van der Waals surface area contributed by atoms with Gasteiger partial charge >= 0.3 is 0 Å². The molecule has 94 valence electrons. The first-order valence-electron chi connectivity index (χ1n) is 5.65. The summed E-state index contributed by atoms with van der Waals surface area (Å²) in [6.45, 7) is 0.788. The number of aromatic nitrogens is 1. The number of pyridine rings is 1. The van der Waals surface area contributed by atoms with Crippen molar-refractivity contribution in [1.29, 1.82) is 0 Å². The molecule has 1 heterocycles. The third-order valence-electron chi connectivity index (χ3n) is 2.69. The molecule has 0 amide bonds. The molecule has 2 aromatic rings. The van der Waals surface area contributed by atoms with Gasteiger partial charge in [0.05, 0.1) is 0 Å². The Balaban J connectivity index is 2.11. The fraction of sp³-hybridized carbons (Fsp3) is 0.214. The van der Waals surface area contributed by atoms with Crippen molar-refractivity contribution in [2.45, 2.75) is 12.4 Å². The largest absolute Gasteiger partial charge is 0.355 e. The maximum atomic E-state index is 5.86. The highest BCUT2D eigenvalue weighted by atomic mass is 35.5. The van der Waals surface area contributed by atoms with Crippen LogP contribution in [0.2, 0.25) is 5.02 Å². The third-order valence-corrected chi connectivity index (χ3v) is 3.25. The van der Waals surface area contributed by atoms with Crippen LogP contribution < -0.4 is 4.90 Å². The van der Waals surface area contributed by atoms with Gasteiger partial charge in [-0.05, 0) is 35.4 Å². The number of alkyl halides is 1. The summed E-state index contributed by atoms with van der Waals surface area (Å²) in [4.78, 5) is 6.42. The predicted molar refractivity (Wildman–Crippen MR) is 77.4 cm³/mol. The zero-order valence-corrected chi connectivity index (χ0v) is 11.6. The molecule has 1 aromatic heterocycles. The van der Waals surface area contributed by atoms with Gasteiger partial charge < -0.3 is 4.90 Å². The van der Waals surface area contributed by atoms with E-state index in [-0.39, 0.29) is 0 Å². The average molecular weight is 281 g/mol. The minimum atomic E-state index is 0.504. The number of halogens is 2. The van der Waals surface area contributed by atoms with Gasteiger partial charge in [0.25, 0.3) is 0 Å². The second kappa shape index (κ2) is 6.07. The Kier molecular flexibility index (Phi) is 4.45. The molecule has 0 saturated heterocycles. The molecule has 1 aromatic carbocycles. The van der Waals surface area contributed by atoms with Crippen molar-refractivity contribution in [3.8, 4) is 0 Å². The smallest absolute Gasteiger partial charge is 0.128 e. The maximum Gasteiger partial charge on any atom is 0.128 e. The molecule has 0 atom stereocenters. The first-order chi connectivity index (χ1) is 8.69. The lowest BCUT2D eigenvalue weighted by molar-refractivity contribution is 0.896. The molecular formula is C14H14Cl2N2. The van der Waals surface area contributed by atoms with E-state index in [0.717, 1.165) is 22.9 Å². The Labute approximate surface area is 117 Å². The van der Waals surface area contributed by atoms with E-state index in [1.165, 1.54) is 5.56 Å². The monoisotopic (exact) mass is 280 g/mol. The van der Waals surface area contributed by atoms with E-state index < -0.39 is 0 Å². The van der Waals surface area contributed by atoms with Gasteiger partial charge in [-0.25, -0.2) is 4.98 Å². The van der Waals surface area contributed by atoms with Crippen LogP contribution in [0.25, 0.3) is 0 Å². The van der Waals surface area contributed by atoms with Crippen molar-refractivity contribution in [1.82, 2.24) is 4.98 Å².